The zero-order valence-electron chi connectivity index (χ0n) is 25.0. The number of amides is 5. The van der Waals surface area contributed by atoms with E-state index in [-0.39, 0.29) is 55.8 Å². The van der Waals surface area contributed by atoms with Gasteiger partial charge in [0, 0.05) is 37.6 Å². The molecule has 2 aliphatic heterocycles. The lowest BCUT2D eigenvalue weighted by Crippen LogP contribution is -2.60. The number of carbonyl (C=O) groups is 5. The van der Waals surface area contributed by atoms with Gasteiger partial charge in [0.25, 0.3) is 11.8 Å². The topological polar surface area (TPSA) is 143 Å². The van der Waals surface area contributed by atoms with Crippen LogP contribution < -0.4 is 10.2 Å². The summed E-state index contributed by atoms with van der Waals surface area (Å²) in [5.41, 5.74) is -0.777. The van der Waals surface area contributed by atoms with E-state index in [0.717, 1.165) is 6.07 Å². The first-order valence-corrected chi connectivity index (χ1v) is 14.1. The molecule has 2 N–H and O–H groups in total. The molecule has 0 aliphatic carbocycles. The highest BCUT2D eigenvalue weighted by Crippen LogP contribution is 2.41. The Labute approximate surface area is 249 Å². The van der Waals surface area contributed by atoms with Crippen LogP contribution >= 0.6 is 0 Å². The fraction of sp³-hybridized carbons (Fsp3) is 0.467. The molecule has 0 bridgehead atoms. The number of imide groups is 1. The molecule has 1 aromatic carbocycles. The number of benzene rings is 1. The summed E-state index contributed by atoms with van der Waals surface area (Å²) in [5, 5.41) is 12.0. The molecule has 43 heavy (non-hydrogen) atoms. The molecule has 0 radical (unpaired) electrons. The molecule has 12 nitrogen and oxygen atoms in total. The number of piperidine rings is 1. The van der Waals surface area contributed by atoms with Gasteiger partial charge in [0.15, 0.2) is 11.5 Å². The number of likely N-dealkylation sites (tertiary alicyclic amines) is 1. The number of aryl methyl sites for hydroxylation is 1. The molecule has 1 spiro atoms. The minimum absolute atomic E-state index is 0.0446. The number of nitrogens with zero attached hydrogens (tertiary/aromatic N) is 5. The van der Waals surface area contributed by atoms with Gasteiger partial charge < -0.3 is 20.2 Å². The van der Waals surface area contributed by atoms with Gasteiger partial charge >= 0.3 is 12.0 Å². The third-order valence-corrected chi connectivity index (χ3v) is 7.96. The largest absolute Gasteiger partial charge is 0.478 e. The van der Waals surface area contributed by atoms with E-state index >= 15 is 0 Å². The minimum Gasteiger partial charge on any atom is -0.478 e. The molecule has 0 unspecified atom stereocenters. The van der Waals surface area contributed by atoms with E-state index in [1.807, 2.05) is 19.0 Å². The lowest BCUT2D eigenvalue weighted by molar-refractivity contribution is -0.139. The Kier molecular flexibility index (Phi) is 9.14. The van der Waals surface area contributed by atoms with Crippen molar-refractivity contribution in [2.24, 2.45) is 5.92 Å². The maximum Gasteiger partial charge on any atom is 0.335 e. The van der Waals surface area contributed by atoms with Crippen molar-refractivity contribution in [3.63, 3.8) is 0 Å². The van der Waals surface area contributed by atoms with E-state index in [9.17, 15) is 33.5 Å². The van der Waals surface area contributed by atoms with Crippen LogP contribution in [0.4, 0.5) is 14.9 Å². The first-order chi connectivity index (χ1) is 20.3. The highest BCUT2D eigenvalue weighted by molar-refractivity contribution is 6.17. The molecule has 4 rings (SSSR count). The number of aromatic carboxylic acids is 1. The van der Waals surface area contributed by atoms with Crippen molar-refractivity contribution in [3.8, 4) is 0 Å². The molecule has 13 heteroatoms. The molecule has 2 aromatic rings. The number of carboxylic acid groups (broad SMARTS) is 1. The van der Waals surface area contributed by atoms with Gasteiger partial charge in [0.2, 0.25) is 5.91 Å². The lowest BCUT2D eigenvalue weighted by atomic mass is 9.84. The monoisotopic (exact) mass is 596 g/mol. The highest BCUT2D eigenvalue weighted by Gasteiger charge is 2.59. The Morgan fingerprint density at radius 3 is 2.26 bits per heavy atom. The molecule has 1 atom stereocenters. The molecule has 3 heterocycles. The fourth-order valence-electron chi connectivity index (χ4n) is 5.50. The van der Waals surface area contributed by atoms with E-state index in [2.05, 4.69) is 10.3 Å². The third-order valence-electron chi connectivity index (χ3n) is 7.96. The van der Waals surface area contributed by atoms with Crippen molar-refractivity contribution in [1.82, 2.24) is 25.0 Å². The fourth-order valence-corrected chi connectivity index (χ4v) is 5.50. The molecule has 0 saturated carbocycles. The number of carbonyl (C=O) groups excluding carboxylic acids is 4. The van der Waals surface area contributed by atoms with Crippen molar-refractivity contribution >= 4 is 35.4 Å². The SMILES string of the molecule is Cc1ccc(F)c(C(=O)N[C@@H](C(=O)N2CCC3(CC2)C(=O)N(CCN(C)C)C(=O)N3c2ccc(C(=O)O)cc2)C(C)C)n1. The number of halogens is 1. The summed E-state index contributed by atoms with van der Waals surface area (Å²) in [7, 11) is 3.67. The molecule has 5 amide bonds. The van der Waals surface area contributed by atoms with Gasteiger partial charge in [-0.15, -0.1) is 0 Å². The molecule has 2 fully saturated rings. The molecule has 1 aromatic heterocycles. The number of pyridine rings is 1. The molecular weight excluding hydrogens is 559 g/mol. The van der Waals surface area contributed by atoms with Gasteiger partial charge in [-0.05, 0) is 76.2 Å². The molecule has 2 aliphatic rings. The molecule has 230 valence electrons. The normalized spacial score (nSPS) is 17.3. The Balaban J connectivity index is 1.57. The summed E-state index contributed by atoms with van der Waals surface area (Å²) in [6.45, 7) is 6.03. The van der Waals surface area contributed by atoms with Gasteiger partial charge in [-0.3, -0.25) is 24.2 Å². The first kappa shape index (κ1) is 31.5. The van der Waals surface area contributed by atoms with Crippen LogP contribution in [-0.4, -0.2) is 106 Å². The standard InChI is InChI=1S/C30H37FN6O6/c1-18(2)23(33-25(38)24-22(31)11-6-19(3)32-24)26(39)35-14-12-30(13-15-35)28(42)36(17-16-34(4)5)29(43)37(30)21-9-7-20(8-10-21)27(40)41/h6-11,18,23H,12-17H2,1-5H3,(H,33,38)(H,40,41)/t23-/m1/s1. The quantitative estimate of drug-likeness (QED) is 0.420. The summed E-state index contributed by atoms with van der Waals surface area (Å²) < 4.78 is 14.3. The van der Waals surface area contributed by atoms with Gasteiger partial charge in [-0.25, -0.2) is 19.0 Å². The smallest absolute Gasteiger partial charge is 0.335 e. The van der Waals surface area contributed by atoms with Gasteiger partial charge in [-0.1, -0.05) is 13.8 Å². The maximum atomic E-state index is 14.3. The van der Waals surface area contributed by atoms with Crippen LogP contribution in [0, 0.1) is 18.7 Å². The van der Waals surface area contributed by atoms with Crippen molar-refractivity contribution in [3.05, 3.63) is 59.2 Å². The average Bonchev–Trinajstić information content (AvgIpc) is 3.16. The molecular formula is C30H37FN6O6. The second-order valence-electron chi connectivity index (χ2n) is 11.6. The summed E-state index contributed by atoms with van der Waals surface area (Å²) >= 11 is 0. The number of anilines is 1. The van der Waals surface area contributed by atoms with E-state index < -0.39 is 41.0 Å². The van der Waals surface area contributed by atoms with Gasteiger partial charge in [0.1, 0.15) is 11.6 Å². The van der Waals surface area contributed by atoms with E-state index in [4.69, 9.17) is 0 Å². The second-order valence-corrected chi connectivity index (χ2v) is 11.6. The Hall–Kier alpha value is -4.39. The number of carboxylic acids is 1. The van der Waals surface area contributed by atoms with Crippen LogP contribution in [0.15, 0.2) is 36.4 Å². The van der Waals surface area contributed by atoms with Gasteiger partial charge in [-0.2, -0.15) is 0 Å². The van der Waals surface area contributed by atoms with Gasteiger partial charge in [0.05, 0.1) is 5.56 Å². The number of hydrogen-bond donors (Lipinski definition) is 2. The number of aromatic nitrogens is 1. The number of nitrogens with one attached hydrogen (secondary N) is 1. The van der Waals surface area contributed by atoms with Crippen LogP contribution in [0.3, 0.4) is 0 Å². The summed E-state index contributed by atoms with van der Waals surface area (Å²) in [4.78, 5) is 75.5. The zero-order valence-corrected chi connectivity index (χ0v) is 25.0. The van der Waals surface area contributed by atoms with Crippen LogP contribution in [0.5, 0.6) is 0 Å². The highest BCUT2D eigenvalue weighted by atomic mass is 19.1. The second kappa shape index (κ2) is 12.5. The summed E-state index contributed by atoms with van der Waals surface area (Å²) in [6.07, 6.45) is 0.268. The average molecular weight is 597 g/mol. The Morgan fingerprint density at radius 2 is 1.70 bits per heavy atom. The number of hydrogen-bond acceptors (Lipinski definition) is 7. The molecule has 2 saturated heterocycles. The van der Waals surface area contributed by atoms with E-state index in [0.29, 0.717) is 17.9 Å². The van der Waals surface area contributed by atoms with E-state index in [1.165, 1.54) is 40.1 Å². The first-order valence-electron chi connectivity index (χ1n) is 14.1. The van der Waals surface area contributed by atoms with Crippen molar-refractivity contribution in [1.29, 1.82) is 0 Å². The number of rotatable bonds is 9. The minimum atomic E-state index is -1.27. The Morgan fingerprint density at radius 1 is 1.07 bits per heavy atom. The summed E-state index contributed by atoms with van der Waals surface area (Å²) in [6, 6.07) is 6.89. The summed E-state index contributed by atoms with van der Waals surface area (Å²) in [5.74, 6) is -3.80. The van der Waals surface area contributed by atoms with Crippen LogP contribution in [0.1, 0.15) is 53.2 Å². The predicted octanol–water partition coefficient (Wildman–Crippen LogP) is 2.37. The van der Waals surface area contributed by atoms with Crippen molar-refractivity contribution in [2.75, 3.05) is 45.2 Å². The number of likely N-dealkylation sites (N-methyl/N-ethyl adjacent to an activating group) is 1. The zero-order chi connectivity index (χ0) is 31.6. The predicted molar refractivity (Wildman–Crippen MR) is 155 cm³/mol. The van der Waals surface area contributed by atoms with Crippen LogP contribution in [0.25, 0.3) is 0 Å². The van der Waals surface area contributed by atoms with Crippen LogP contribution in [0.2, 0.25) is 0 Å². The lowest BCUT2D eigenvalue weighted by Gasteiger charge is -2.43. The van der Waals surface area contributed by atoms with E-state index in [1.54, 1.807) is 25.7 Å². The number of urea groups is 1. The third kappa shape index (κ3) is 6.21. The maximum absolute atomic E-state index is 14.3. The Bertz CT molecular complexity index is 1420. The van der Waals surface area contributed by atoms with Crippen molar-refractivity contribution < 1.29 is 33.5 Å². The van der Waals surface area contributed by atoms with Crippen molar-refractivity contribution in [2.45, 2.75) is 45.2 Å². The van der Waals surface area contributed by atoms with Crippen LogP contribution in [-0.2, 0) is 9.59 Å².